The number of nitro groups is 1. The van der Waals surface area contributed by atoms with Gasteiger partial charge in [0.15, 0.2) is 0 Å². The van der Waals surface area contributed by atoms with E-state index >= 15 is 0 Å². The first-order valence-corrected chi connectivity index (χ1v) is 5.79. The summed E-state index contributed by atoms with van der Waals surface area (Å²) in [6.45, 7) is 1.74. The fourth-order valence-corrected chi connectivity index (χ4v) is 1.50. The molecular formula is C11H19N5O2. The molecule has 0 fully saturated rings. The quantitative estimate of drug-likeness (QED) is 0.432. The van der Waals surface area contributed by atoms with Crippen molar-refractivity contribution in [2.45, 2.75) is 12.8 Å². The van der Waals surface area contributed by atoms with Gasteiger partial charge in [-0.1, -0.05) is 0 Å². The Bertz CT molecular complexity index is 408. The van der Waals surface area contributed by atoms with E-state index in [9.17, 15) is 10.1 Å². The molecule has 0 aliphatic heterocycles. The molecule has 18 heavy (non-hydrogen) atoms. The van der Waals surface area contributed by atoms with Crippen LogP contribution in [0.4, 0.5) is 17.3 Å². The van der Waals surface area contributed by atoms with Gasteiger partial charge in [-0.05, 0) is 33.5 Å². The molecule has 1 rings (SSSR count). The van der Waals surface area contributed by atoms with Gasteiger partial charge in [0.25, 0.3) is 5.69 Å². The zero-order valence-corrected chi connectivity index (χ0v) is 10.7. The molecule has 0 saturated heterocycles. The summed E-state index contributed by atoms with van der Waals surface area (Å²) >= 11 is 0. The maximum Gasteiger partial charge on any atom is 0.276 e. The lowest BCUT2D eigenvalue weighted by molar-refractivity contribution is -0.384. The molecule has 0 radical (unpaired) electrons. The Morgan fingerprint density at radius 3 is 2.78 bits per heavy atom. The van der Waals surface area contributed by atoms with Crippen molar-refractivity contribution in [2.75, 3.05) is 38.2 Å². The standard InChI is InChI=1S/C11H19N5O2/c1-15(2)6-4-3-5-13-11-8-9(16(17)18)7-10(12)14-11/h7-8H,3-6H2,1-2H3,(H3,12,13,14). The molecule has 0 atom stereocenters. The van der Waals surface area contributed by atoms with E-state index in [-0.39, 0.29) is 11.5 Å². The van der Waals surface area contributed by atoms with Gasteiger partial charge < -0.3 is 16.0 Å². The summed E-state index contributed by atoms with van der Waals surface area (Å²) in [6.07, 6.45) is 2.03. The molecule has 0 unspecified atom stereocenters. The summed E-state index contributed by atoms with van der Waals surface area (Å²) < 4.78 is 0. The number of unbranched alkanes of at least 4 members (excludes halogenated alkanes) is 1. The van der Waals surface area contributed by atoms with E-state index in [1.165, 1.54) is 12.1 Å². The predicted octanol–water partition coefficient (Wildman–Crippen LogP) is 1.33. The summed E-state index contributed by atoms with van der Waals surface area (Å²) in [5, 5.41) is 13.7. The number of nitrogens with two attached hydrogens (primary N) is 1. The van der Waals surface area contributed by atoms with E-state index in [4.69, 9.17) is 5.73 Å². The van der Waals surface area contributed by atoms with Crippen LogP contribution in [0.1, 0.15) is 12.8 Å². The van der Waals surface area contributed by atoms with Gasteiger partial charge in [0.2, 0.25) is 0 Å². The van der Waals surface area contributed by atoms with Crippen LogP contribution in [-0.2, 0) is 0 Å². The molecule has 0 saturated carbocycles. The molecule has 1 aromatic rings. The first kappa shape index (κ1) is 14.2. The Morgan fingerprint density at radius 2 is 2.17 bits per heavy atom. The highest BCUT2D eigenvalue weighted by Gasteiger charge is 2.09. The number of hydrogen-bond donors (Lipinski definition) is 2. The molecule has 0 spiro atoms. The number of nitrogen functional groups attached to an aromatic ring is 1. The lowest BCUT2D eigenvalue weighted by atomic mass is 10.3. The second-order valence-electron chi connectivity index (χ2n) is 4.33. The average molecular weight is 253 g/mol. The highest BCUT2D eigenvalue weighted by atomic mass is 16.6. The Morgan fingerprint density at radius 1 is 1.44 bits per heavy atom. The van der Waals surface area contributed by atoms with Gasteiger partial charge in [0.05, 0.1) is 17.1 Å². The molecule has 7 nitrogen and oxygen atoms in total. The molecule has 3 N–H and O–H groups in total. The highest BCUT2D eigenvalue weighted by Crippen LogP contribution is 2.18. The Labute approximate surface area is 106 Å². The number of rotatable bonds is 7. The average Bonchev–Trinajstić information content (AvgIpc) is 2.27. The van der Waals surface area contributed by atoms with Gasteiger partial charge >= 0.3 is 0 Å². The van der Waals surface area contributed by atoms with Crippen molar-refractivity contribution in [2.24, 2.45) is 0 Å². The molecular weight excluding hydrogens is 234 g/mol. The second kappa shape index (κ2) is 6.75. The van der Waals surface area contributed by atoms with Crippen LogP contribution in [0.25, 0.3) is 0 Å². The molecule has 100 valence electrons. The third-order valence-electron chi connectivity index (χ3n) is 2.38. The largest absolute Gasteiger partial charge is 0.383 e. The summed E-state index contributed by atoms with van der Waals surface area (Å²) in [5.74, 6) is 0.603. The van der Waals surface area contributed by atoms with Crippen molar-refractivity contribution in [3.8, 4) is 0 Å². The van der Waals surface area contributed by atoms with Crippen LogP contribution < -0.4 is 11.1 Å². The summed E-state index contributed by atoms with van der Waals surface area (Å²) in [7, 11) is 4.05. The van der Waals surface area contributed by atoms with Crippen molar-refractivity contribution in [3.63, 3.8) is 0 Å². The van der Waals surface area contributed by atoms with Gasteiger partial charge in [-0.2, -0.15) is 0 Å². The minimum absolute atomic E-state index is 0.0432. The van der Waals surface area contributed by atoms with E-state index in [0.717, 1.165) is 25.9 Å². The van der Waals surface area contributed by atoms with E-state index in [2.05, 4.69) is 15.2 Å². The molecule has 0 amide bonds. The molecule has 1 aromatic heterocycles. The van der Waals surface area contributed by atoms with E-state index in [1.54, 1.807) is 0 Å². The van der Waals surface area contributed by atoms with Crippen LogP contribution in [0.2, 0.25) is 0 Å². The Kier molecular flexibility index (Phi) is 5.31. The zero-order valence-electron chi connectivity index (χ0n) is 10.7. The van der Waals surface area contributed by atoms with Gasteiger partial charge in [-0.25, -0.2) is 4.98 Å². The third kappa shape index (κ3) is 4.96. The number of pyridine rings is 1. The predicted molar refractivity (Wildman–Crippen MR) is 71.6 cm³/mol. The number of nitrogens with zero attached hydrogens (tertiary/aromatic N) is 3. The van der Waals surface area contributed by atoms with Gasteiger partial charge in [0.1, 0.15) is 11.6 Å². The van der Waals surface area contributed by atoms with E-state index in [0.29, 0.717) is 5.82 Å². The highest BCUT2D eigenvalue weighted by molar-refractivity contribution is 5.52. The smallest absolute Gasteiger partial charge is 0.276 e. The van der Waals surface area contributed by atoms with E-state index < -0.39 is 4.92 Å². The normalized spacial score (nSPS) is 10.6. The molecule has 1 heterocycles. The third-order valence-corrected chi connectivity index (χ3v) is 2.38. The second-order valence-corrected chi connectivity index (χ2v) is 4.33. The van der Waals surface area contributed by atoms with Crippen molar-refractivity contribution in [1.29, 1.82) is 0 Å². The zero-order chi connectivity index (χ0) is 13.5. The number of aromatic nitrogens is 1. The minimum Gasteiger partial charge on any atom is -0.383 e. The topological polar surface area (TPSA) is 97.3 Å². The van der Waals surface area contributed by atoms with Crippen LogP contribution in [0.15, 0.2) is 12.1 Å². The van der Waals surface area contributed by atoms with Crippen molar-refractivity contribution in [3.05, 3.63) is 22.2 Å². The lowest BCUT2D eigenvalue weighted by Crippen LogP contribution is -2.14. The van der Waals surface area contributed by atoms with Crippen LogP contribution in [0.5, 0.6) is 0 Å². The number of hydrogen-bond acceptors (Lipinski definition) is 6. The maximum atomic E-state index is 10.6. The summed E-state index contributed by atoms with van der Waals surface area (Å²) in [6, 6.07) is 2.64. The summed E-state index contributed by atoms with van der Waals surface area (Å²) in [5.41, 5.74) is 5.46. The molecule has 0 aromatic carbocycles. The first-order valence-electron chi connectivity index (χ1n) is 5.79. The molecule has 0 bridgehead atoms. The van der Waals surface area contributed by atoms with Crippen molar-refractivity contribution in [1.82, 2.24) is 9.88 Å². The molecule has 0 aliphatic rings. The van der Waals surface area contributed by atoms with Crippen LogP contribution in [0, 0.1) is 10.1 Å². The number of anilines is 2. The first-order chi connectivity index (χ1) is 8.49. The summed E-state index contributed by atoms with van der Waals surface area (Å²) in [4.78, 5) is 16.3. The maximum absolute atomic E-state index is 10.6. The fourth-order valence-electron chi connectivity index (χ4n) is 1.50. The van der Waals surface area contributed by atoms with Crippen LogP contribution in [0.3, 0.4) is 0 Å². The SMILES string of the molecule is CN(C)CCCCNc1cc([N+](=O)[O-])cc(N)n1. The molecule has 0 aliphatic carbocycles. The van der Waals surface area contributed by atoms with Crippen molar-refractivity contribution >= 4 is 17.3 Å². The monoisotopic (exact) mass is 253 g/mol. The van der Waals surface area contributed by atoms with Crippen molar-refractivity contribution < 1.29 is 4.92 Å². The van der Waals surface area contributed by atoms with Gasteiger partial charge in [-0.15, -0.1) is 0 Å². The lowest BCUT2D eigenvalue weighted by Gasteiger charge is -2.09. The van der Waals surface area contributed by atoms with Crippen LogP contribution >= 0.6 is 0 Å². The number of nitrogens with one attached hydrogen (secondary N) is 1. The minimum atomic E-state index is -0.477. The fraction of sp³-hybridized carbons (Fsp3) is 0.545. The van der Waals surface area contributed by atoms with Crippen LogP contribution in [-0.4, -0.2) is 42.0 Å². The Hall–Kier alpha value is -1.89. The van der Waals surface area contributed by atoms with Gasteiger partial charge in [-0.3, -0.25) is 10.1 Å². The molecule has 7 heteroatoms. The van der Waals surface area contributed by atoms with Gasteiger partial charge in [0, 0.05) is 6.54 Å². The Balaban J connectivity index is 2.44. The van der Waals surface area contributed by atoms with E-state index in [1.807, 2.05) is 14.1 Å².